The number of aryl methyl sites for hydroxylation is 1. The fourth-order valence-corrected chi connectivity index (χ4v) is 3.50. The van der Waals surface area contributed by atoms with E-state index in [1.807, 2.05) is 25.1 Å². The lowest BCUT2D eigenvalue weighted by molar-refractivity contribution is -0.134. The first kappa shape index (κ1) is 21.5. The van der Waals surface area contributed by atoms with Crippen LogP contribution in [0.25, 0.3) is 0 Å². The normalized spacial score (nSPS) is 16.6. The molecule has 30 heavy (non-hydrogen) atoms. The maximum atomic E-state index is 12.5. The predicted octanol–water partition coefficient (Wildman–Crippen LogP) is 1.79. The Hall–Kier alpha value is -3.19. The van der Waals surface area contributed by atoms with Crippen molar-refractivity contribution in [3.05, 3.63) is 70.8 Å². The second-order valence-corrected chi connectivity index (χ2v) is 7.37. The van der Waals surface area contributed by atoms with Crippen LogP contribution in [-0.2, 0) is 27.4 Å². The highest BCUT2D eigenvalue weighted by Gasteiger charge is 2.31. The van der Waals surface area contributed by atoms with E-state index in [2.05, 4.69) is 26.3 Å². The fourth-order valence-electron chi connectivity index (χ4n) is 3.50. The van der Waals surface area contributed by atoms with Gasteiger partial charge in [-0.05, 0) is 35.7 Å². The summed E-state index contributed by atoms with van der Waals surface area (Å²) in [7, 11) is 1.33. The minimum absolute atomic E-state index is 0.0952. The monoisotopic (exact) mass is 409 g/mol. The number of nitrogens with zero attached hydrogens (tertiary/aromatic N) is 1. The standard InChI is InChI=1S/C23H27N3O4/c1-16-5-3-4-6-19(16)15-26-12-11-24-22(28)20(26)13-21(27)25-14-17-7-9-18(10-8-17)23(29)30-2/h3-10,20H,11-15H2,1-2H3,(H,24,28)(H,25,27). The average Bonchev–Trinajstić information content (AvgIpc) is 2.76. The van der Waals surface area contributed by atoms with Crippen molar-refractivity contribution in [3.63, 3.8) is 0 Å². The first-order valence-electron chi connectivity index (χ1n) is 9.98. The van der Waals surface area contributed by atoms with E-state index in [0.29, 0.717) is 31.7 Å². The van der Waals surface area contributed by atoms with Gasteiger partial charge in [-0.1, -0.05) is 36.4 Å². The van der Waals surface area contributed by atoms with Crippen LogP contribution in [0.15, 0.2) is 48.5 Å². The molecule has 2 aromatic carbocycles. The van der Waals surface area contributed by atoms with Gasteiger partial charge in [0, 0.05) is 26.2 Å². The van der Waals surface area contributed by atoms with Crippen LogP contribution in [0.5, 0.6) is 0 Å². The number of hydrogen-bond acceptors (Lipinski definition) is 5. The Kier molecular flexibility index (Phi) is 7.19. The van der Waals surface area contributed by atoms with Crippen molar-refractivity contribution in [2.45, 2.75) is 32.5 Å². The average molecular weight is 409 g/mol. The summed E-state index contributed by atoms with van der Waals surface area (Å²) < 4.78 is 4.68. The van der Waals surface area contributed by atoms with E-state index in [4.69, 9.17) is 0 Å². The van der Waals surface area contributed by atoms with Gasteiger partial charge in [0.15, 0.2) is 0 Å². The molecule has 1 atom stereocenters. The molecular formula is C23H27N3O4. The van der Waals surface area contributed by atoms with Gasteiger partial charge in [0.05, 0.1) is 25.1 Å². The van der Waals surface area contributed by atoms with Gasteiger partial charge in [-0.2, -0.15) is 0 Å². The Morgan fingerprint density at radius 1 is 1.17 bits per heavy atom. The van der Waals surface area contributed by atoms with Gasteiger partial charge in [-0.15, -0.1) is 0 Å². The van der Waals surface area contributed by atoms with E-state index < -0.39 is 12.0 Å². The van der Waals surface area contributed by atoms with Crippen LogP contribution >= 0.6 is 0 Å². The van der Waals surface area contributed by atoms with Crippen molar-refractivity contribution in [2.24, 2.45) is 0 Å². The van der Waals surface area contributed by atoms with Gasteiger partial charge in [0.2, 0.25) is 11.8 Å². The first-order chi connectivity index (χ1) is 14.5. The van der Waals surface area contributed by atoms with Gasteiger partial charge >= 0.3 is 5.97 Å². The second kappa shape index (κ2) is 10.0. The molecule has 2 N–H and O–H groups in total. The van der Waals surface area contributed by atoms with E-state index in [9.17, 15) is 14.4 Å². The number of esters is 1. The smallest absolute Gasteiger partial charge is 0.337 e. The third-order valence-electron chi connectivity index (χ3n) is 5.32. The highest BCUT2D eigenvalue weighted by Crippen LogP contribution is 2.16. The van der Waals surface area contributed by atoms with Crippen molar-refractivity contribution in [2.75, 3.05) is 20.2 Å². The molecule has 7 heteroatoms. The lowest BCUT2D eigenvalue weighted by Crippen LogP contribution is -2.56. The summed E-state index contributed by atoms with van der Waals surface area (Å²) in [6, 6.07) is 14.4. The Morgan fingerprint density at radius 3 is 2.60 bits per heavy atom. The molecule has 158 valence electrons. The number of ether oxygens (including phenoxy) is 1. The summed E-state index contributed by atoms with van der Waals surface area (Å²) in [5.74, 6) is -0.709. The SMILES string of the molecule is COC(=O)c1ccc(CNC(=O)CC2C(=O)NCCN2Cc2ccccc2C)cc1. The molecule has 2 aromatic rings. The van der Waals surface area contributed by atoms with Gasteiger partial charge in [0.25, 0.3) is 0 Å². The van der Waals surface area contributed by atoms with Gasteiger partial charge in [0.1, 0.15) is 0 Å². The molecule has 3 rings (SSSR count). The molecule has 1 unspecified atom stereocenters. The van der Waals surface area contributed by atoms with Crippen molar-refractivity contribution < 1.29 is 19.1 Å². The van der Waals surface area contributed by atoms with Crippen LogP contribution in [0.4, 0.5) is 0 Å². The van der Waals surface area contributed by atoms with Crippen molar-refractivity contribution in [1.29, 1.82) is 0 Å². The van der Waals surface area contributed by atoms with E-state index >= 15 is 0 Å². The number of benzene rings is 2. The molecule has 0 spiro atoms. The highest BCUT2D eigenvalue weighted by atomic mass is 16.5. The zero-order valence-corrected chi connectivity index (χ0v) is 17.3. The van der Waals surface area contributed by atoms with E-state index in [-0.39, 0.29) is 18.2 Å². The minimum atomic E-state index is -0.500. The molecule has 1 heterocycles. The van der Waals surface area contributed by atoms with Crippen molar-refractivity contribution >= 4 is 17.8 Å². The Bertz CT molecular complexity index is 911. The first-order valence-corrected chi connectivity index (χ1v) is 9.98. The van der Waals surface area contributed by atoms with Crippen LogP contribution < -0.4 is 10.6 Å². The number of piperazine rings is 1. The maximum Gasteiger partial charge on any atom is 0.337 e. The van der Waals surface area contributed by atoms with Crippen molar-refractivity contribution in [3.8, 4) is 0 Å². The van der Waals surface area contributed by atoms with Crippen molar-refractivity contribution in [1.82, 2.24) is 15.5 Å². The molecule has 0 aromatic heterocycles. The fraction of sp³-hybridized carbons (Fsp3) is 0.348. The summed E-state index contributed by atoms with van der Waals surface area (Å²) >= 11 is 0. The molecule has 0 radical (unpaired) electrons. The molecule has 0 saturated carbocycles. The van der Waals surface area contributed by atoms with E-state index in [1.54, 1.807) is 24.3 Å². The van der Waals surface area contributed by atoms with E-state index in [1.165, 1.54) is 12.7 Å². The highest BCUT2D eigenvalue weighted by molar-refractivity contribution is 5.89. The molecule has 1 fully saturated rings. The molecule has 2 amide bonds. The number of methoxy groups -OCH3 is 1. The molecule has 7 nitrogen and oxygen atoms in total. The summed E-state index contributed by atoms with van der Waals surface area (Å²) in [6.07, 6.45) is 0.0952. The largest absolute Gasteiger partial charge is 0.465 e. The predicted molar refractivity (Wildman–Crippen MR) is 113 cm³/mol. The van der Waals surface area contributed by atoms with Crippen LogP contribution in [-0.4, -0.2) is 48.9 Å². The minimum Gasteiger partial charge on any atom is -0.465 e. The topological polar surface area (TPSA) is 87.7 Å². The van der Waals surface area contributed by atoms with Crippen LogP contribution in [0.3, 0.4) is 0 Å². The van der Waals surface area contributed by atoms with E-state index in [0.717, 1.165) is 11.1 Å². The molecule has 0 bridgehead atoms. The molecular weight excluding hydrogens is 382 g/mol. The molecule has 0 aliphatic carbocycles. The molecule has 1 aliphatic rings. The van der Waals surface area contributed by atoms with Gasteiger partial charge in [-0.25, -0.2) is 4.79 Å². The third kappa shape index (κ3) is 5.45. The zero-order chi connectivity index (χ0) is 21.5. The second-order valence-electron chi connectivity index (χ2n) is 7.37. The maximum absolute atomic E-state index is 12.5. The number of carbonyl (C=O) groups excluding carboxylic acids is 3. The molecule has 1 aliphatic heterocycles. The Labute approximate surface area is 176 Å². The number of rotatable bonds is 7. The number of carbonyl (C=O) groups is 3. The Balaban J connectivity index is 1.58. The van der Waals surface area contributed by atoms with Gasteiger partial charge in [-0.3, -0.25) is 14.5 Å². The number of hydrogen-bond donors (Lipinski definition) is 2. The lowest BCUT2D eigenvalue weighted by Gasteiger charge is -2.35. The zero-order valence-electron chi connectivity index (χ0n) is 17.3. The third-order valence-corrected chi connectivity index (χ3v) is 5.32. The lowest BCUT2D eigenvalue weighted by atomic mass is 10.0. The van der Waals surface area contributed by atoms with Crippen LogP contribution in [0.1, 0.15) is 33.5 Å². The number of nitrogens with one attached hydrogen (secondary N) is 2. The van der Waals surface area contributed by atoms with Gasteiger partial charge < -0.3 is 15.4 Å². The quantitative estimate of drug-likeness (QED) is 0.681. The summed E-state index contributed by atoms with van der Waals surface area (Å²) in [5.41, 5.74) is 3.64. The molecule has 1 saturated heterocycles. The van der Waals surface area contributed by atoms with Crippen LogP contribution in [0.2, 0.25) is 0 Å². The Morgan fingerprint density at radius 2 is 1.90 bits per heavy atom. The summed E-state index contributed by atoms with van der Waals surface area (Å²) in [6.45, 7) is 4.29. The number of amides is 2. The summed E-state index contributed by atoms with van der Waals surface area (Å²) in [4.78, 5) is 38.5. The summed E-state index contributed by atoms with van der Waals surface area (Å²) in [5, 5.41) is 5.72. The van der Waals surface area contributed by atoms with Crippen LogP contribution in [0, 0.1) is 6.92 Å².